The molecule has 1 atom stereocenters. The monoisotopic (exact) mass is 287 g/mol. The Balaban J connectivity index is 2.40. The van der Waals surface area contributed by atoms with E-state index in [-0.39, 0.29) is 6.04 Å². The fourth-order valence-electron chi connectivity index (χ4n) is 2.51. The van der Waals surface area contributed by atoms with E-state index in [1.807, 2.05) is 0 Å². The third-order valence-corrected chi connectivity index (χ3v) is 4.01. The van der Waals surface area contributed by atoms with Gasteiger partial charge < -0.3 is 5.32 Å². The van der Waals surface area contributed by atoms with Crippen molar-refractivity contribution in [2.75, 3.05) is 6.54 Å². The predicted molar refractivity (Wildman–Crippen MR) is 88.5 cm³/mol. The quantitative estimate of drug-likeness (QED) is 0.805. The summed E-state index contributed by atoms with van der Waals surface area (Å²) in [7, 11) is 0. The molecule has 2 aromatic rings. The smallest absolute Gasteiger partial charge is 0.0459 e. The standard InChI is InChI=1S/C18H22ClN/c1-5-20-14(4)16-9-8-15(11-18(16)19)17-10-12(2)6-7-13(17)3/h6-11,14,20H,5H2,1-4H3. The lowest BCUT2D eigenvalue weighted by molar-refractivity contribution is 0.598. The first-order chi connectivity index (χ1) is 9.52. The number of rotatable bonds is 4. The van der Waals surface area contributed by atoms with Crippen molar-refractivity contribution < 1.29 is 0 Å². The summed E-state index contributed by atoms with van der Waals surface area (Å²) in [5.74, 6) is 0. The summed E-state index contributed by atoms with van der Waals surface area (Å²) >= 11 is 6.46. The second-order valence-corrected chi connectivity index (χ2v) is 5.74. The van der Waals surface area contributed by atoms with Crippen LogP contribution in [0.15, 0.2) is 36.4 Å². The van der Waals surface area contributed by atoms with Crippen LogP contribution >= 0.6 is 11.6 Å². The molecule has 0 aliphatic carbocycles. The lowest BCUT2D eigenvalue weighted by Gasteiger charge is -2.16. The molecule has 1 unspecified atom stereocenters. The average Bonchev–Trinajstić information content (AvgIpc) is 2.41. The van der Waals surface area contributed by atoms with Crippen LogP contribution in [0, 0.1) is 13.8 Å². The van der Waals surface area contributed by atoms with Crippen molar-refractivity contribution in [3.63, 3.8) is 0 Å². The maximum atomic E-state index is 6.46. The lowest BCUT2D eigenvalue weighted by Crippen LogP contribution is -2.17. The maximum Gasteiger partial charge on any atom is 0.0459 e. The molecule has 0 fully saturated rings. The molecule has 0 bridgehead atoms. The lowest BCUT2D eigenvalue weighted by atomic mass is 9.96. The fraction of sp³-hybridized carbons (Fsp3) is 0.333. The summed E-state index contributed by atoms with van der Waals surface area (Å²) < 4.78 is 0. The molecular weight excluding hydrogens is 266 g/mol. The Bertz CT molecular complexity index is 604. The van der Waals surface area contributed by atoms with E-state index in [1.54, 1.807) is 0 Å². The molecule has 2 heteroatoms. The minimum atomic E-state index is 0.278. The number of hydrogen-bond acceptors (Lipinski definition) is 1. The van der Waals surface area contributed by atoms with Crippen LogP contribution in [-0.2, 0) is 0 Å². The Hall–Kier alpha value is -1.31. The molecule has 106 valence electrons. The van der Waals surface area contributed by atoms with Gasteiger partial charge in [0, 0.05) is 11.1 Å². The van der Waals surface area contributed by atoms with E-state index in [1.165, 1.54) is 22.3 Å². The topological polar surface area (TPSA) is 12.0 Å². The minimum absolute atomic E-state index is 0.278. The van der Waals surface area contributed by atoms with Gasteiger partial charge in [-0.2, -0.15) is 0 Å². The van der Waals surface area contributed by atoms with Gasteiger partial charge in [-0.1, -0.05) is 54.4 Å². The number of aryl methyl sites for hydroxylation is 2. The molecule has 1 N–H and O–H groups in total. The molecule has 0 aliphatic rings. The van der Waals surface area contributed by atoms with Crippen LogP contribution in [0.4, 0.5) is 0 Å². The molecule has 2 rings (SSSR count). The van der Waals surface area contributed by atoms with Gasteiger partial charge in [-0.15, -0.1) is 0 Å². The van der Waals surface area contributed by atoms with Crippen molar-refractivity contribution in [3.05, 3.63) is 58.1 Å². The average molecular weight is 288 g/mol. The first-order valence-electron chi connectivity index (χ1n) is 7.13. The zero-order valence-electron chi connectivity index (χ0n) is 12.6. The molecule has 0 aromatic heterocycles. The third-order valence-electron chi connectivity index (χ3n) is 3.68. The van der Waals surface area contributed by atoms with Gasteiger partial charge in [0.1, 0.15) is 0 Å². The highest BCUT2D eigenvalue weighted by molar-refractivity contribution is 6.31. The van der Waals surface area contributed by atoms with Crippen LogP contribution in [0.1, 0.15) is 36.6 Å². The summed E-state index contributed by atoms with van der Waals surface area (Å²) in [6.07, 6.45) is 0. The number of benzene rings is 2. The van der Waals surface area contributed by atoms with Crippen LogP contribution < -0.4 is 5.32 Å². The van der Waals surface area contributed by atoms with Gasteiger partial charge in [0.2, 0.25) is 0 Å². The fourth-order valence-corrected chi connectivity index (χ4v) is 2.85. The molecule has 20 heavy (non-hydrogen) atoms. The summed E-state index contributed by atoms with van der Waals surface area (Å²) in [5, 5.41) is 4.23. The molecule has 0 radical (unpaired) electrons. The van der Waals surface area contributed by atoms with E-state index >= 15 is 0 Å². The Labute approximate surface area is 127 Å². The van der Waals surface area contributed by atoms with Crippen molar-refractivity contribution in [1.82, 2.24) is 5.32 Å². The Morgan fingerprint density at radius 2 is 1.85 bits per heavy atom. The molecular formula is C18H22ClN. The predicted octanol–water partition coefficient (Wildman–Crippen LogP) is 5.29. The van der Waals surface area contributed by atoms with E-state index in [9.17, 15) is 0 Å². The number of halogens is 1. The molecule has 0 heterocycles. The second kappa shape index (κ2) is 6.43. The van der Waals surface area contributed by atoms with Crippen LogP contribution in [0.3, 0.4) is 0 Å². The largest absolute Gasteiger partial charge is 0.310 e. The van der Waals surface area contributed by atoms with Crippen molar-refractivity contribution in [3.8, 4) is 11.1 Å². The van der Waals surface area contributed by atoms with Crippen molar-refractivity contribution in [2.45, 2.75) is 33.7 Å². The first-order valence-corrected chi connectivity index (χ1v) is 7.51. The molecule has 0 amide bonds. The van der Waals surface area contributed by atoms with Gasteiger partial charge in [0.15, 0.2) is 0 Å². The van der Waals surface area contributed by atoms with Gasteiger partial charge >= 0.3 is 0 Å². The molecule has 2 aromatic carbocycles. The first kappa shape index (κ1) is 15.1. The summed E-state index contributed by atoms with van der Waals surface area (Å²) in [4.78, 5) is 0. The SMILES string of the molecule is CCNC(C)c1ccc(-c2cc(C)ccc2C)cc1Cl. The van der Waals surface area contributed by atoms with Gasteiger partial charge in [-0.25, -0.2) is 0 Å². The molecule has 1 nitrogen and oxygen atoms in total. The third kappa shape index (κ3) is 3.23. The Morgan fingerprint density at radius 1 is 1.10 bits per heavy atom. The van der Waals surface area contributed by atoms with Crippen LogP contribution in [-0.4, -0.2) is 6.54 Å². The van der Waals surface area contributed by atoms with Crippen molar-refractivity contribution >= 4 is 11.6 Å². The molecule has 0 saturated carbocycles. The summed E-state index contributed by atoms with van der Waals surface area (Å²) in [6, 6.07) is 13.2. The Kier molecular flexibility index (Phi) is 4.85. The van der Waals surface area contributed by atoms with Crippen molar-refractivity contribution in [1.29, 1.82) is 0 Å². The maximum absolute atomic E-state index is 6.46. The van der Waals surface area contributed by atoms with E-state index < -0.39 is 0 Å². The van der Waals surface area contributed by atoms with Crippen LogP contribution in [0.2, 0.25) is 5.02 Å². The van der Waals surface area contributed by atoms with Gasteiger partial charge in [0.25, 0.3) is 0 Å². The van der Waals surface area contributed by atoms with Gasteiger partial charge in [-0.05, 0) is 55.6 Å². The van der Waals surface area contributed by atoms with Gasteiger partial charge in [-0.3, -0.25) is 0 Å². The zero-order chi connectivity index (χ0) is 14.7. The highest BCUT2D eigenvalue weighted by atomic mass is 35.5. The van der Waals surface area contributed by atoms with E-state index in [0.29, 0.717) is 0 Å². The van der Waals surface area contributed by atoms with Crippen LogP contribution in [0.25, 0.3) is 11.1 Å². The Morgan fingerprint density at radius 3 is 2.50 bits per heavy atom. The molecule has 0 saturated heterocycles. The normalized spacial score (nSPS) is 12.4. The summed E-state index contributed by atoms with van der Waals surface area (Å²) in [6.45, 7) is 9.44. The van der Waals surface area contributed by atoms with E-state index in [0.717, 1.165) is 17.1 Å². The number of hydrogen-bond donors (Lipinski definition) is 1. The highest BCUT2D eigenvalue weighted by Crippen LogP contribution is 2.31. The molecule has 0 aliphatic heterocycles. The zero-order valence-corrected chi connectivity index (χ0v) is 13.4. The van der Waals surface area contributed by atoms with Crippen molar-refractivity contribution in [2.24, 2.45) is 0 Å². The minimum Gasteiger partial charge on any atom is -0.310 e. The second-order valence-electron chi connectivity index (χ2n) is 5.33. The van der Waals surface area contributed by atoms with E-state index in [2.05, 4.69) is 69.4 Å². The van der Waals surface area contributed by atoms with E-state index in [4.69, 9.17) is 11.6 Å². The van der Waals surface area contributed by atoms with Gasteiger partial charge in [0.05, 0.1) is 0 Å². The number of nitrogens with one attached hydrogen (secondary N) is 1. The molecule has 0 spiro atoms. The van der Waals surface area contributed by atoms with Crippen LogP contribution in [0.5, 0.6) is 0 Å². The highest BCUT2D eigenvalue weighted by Gasteiger charge is 2.10. The summed E-state index contributed by atoms with van der Waals surface area (Å²) in [5.41, 5.74) is 6.15.